The zero-order valence-electron chi connectivity index (χ0n) is 7.51. The molecule has 0 aliphatic heterocycles. The normalized spacial score (nSPS) is 9.33. The van der Waals surface area contributed by atoms with Crippen LogP contribution in [0.5, 0.6) is 0 Å². The van der Waals surface area contributed by atoms with Gasteiger partial charge < -0.3 is 0 Å². The number of rotatable bonds is 3. The zero-order chi connectivity index (χ0) is 8.81. The molecule has 0 saturated heterocycles. The third kappa shape index (κ3) is 2.43. The molecule has 0 spiro atoms. The molecule has 1 rings (SSSR count). The van der Waals surface area contributed by atoms with Gasteiger partial charge >= 0.3 is 0 Å². The second kappa shape index (κ2) is 4.62. The van der Waals surface area contributed by atoms with E-state index in [0.29, 0.717) is 0 Å². The summed E-state index contributed by atoms with van der Waals surface area (Å²) in [6.07, 6.45) is 8.14. The van der Waals surface area contributed by atoms with Crippen LogP contribution in [0.2, 0.25) is 0 Å². The Morgan fingerprint density at radius 3 is 2.75 bits per heavy atom. The summed E-state index contributed by atoms with van der Waals surface area (Å²) in [7, 11) is 0. The lowest BCUT2D eigenvalue weighted by Crippen LogP contribution is -1.86. The van der Waals surface area contributed by atoms with Gasteiger partial charge in [-0.15, -0.1) is 12.3 Å². The van der Waals surface area contributed by atoms with Crippen LogP contribution < -0.4 is 0 Å². The first-order valence-corrected chi connectivity index (χ1v) is 4.38. The van der Waals surface area contributed by atoms with Gasteiger partial charge in [0.15, 0.2) is 0 Å². The predicted octanol–water partition coefficient (Wildman–Crippen LogP) is 2.81. The van der Waals surface area contributed by atoms with E-state index in [1.807, 2.05) is 0 Å². The highest BCUT2D eigenvalue weighted by Gasteiger charge is 1.92. The number of benzene rings is 1. The van der Waals surface area contributed by atoms with Crippen molar-refractivity contribution in [2.45, 2.75) is 26.2 Å². The van der Waals surface area contributed by atoms with Crippen LogP contribution in [0.1, 0.15) is 24.5 Å². The second-order valence-electron chi connectivity index (χ2n) is 2.88. The lowest BCUT2D eigenvalue weighted by Gasteiger charge is -2.00. The van der Waals surface area contributed by atoms with Crippen LogP contribution in [0.25, 0.3) is 0 Å². The van der Waals surface area contributed by atoms with Crippen molar-refractivity contribution in [1.29, 1.82) is 0 Å². The van der Waals surface area contributed by atoms with Gasteiger partial charge in [-0.1, -0.05) is 31.2 Å². The van der Waals surface area contributed by atoms with Crippen molar-refractivity contribution < 1.29 is 0 Å². The lowest BCUT2D eigenvalue weighted by molar-refractivity contribution is 1.01. The molecule has 0 aliphatic carbocycles. The molecule has 0 saturated carbocycles. The van der Waals surface area contributed by atoms with Gasteiger partial charge in [-0.2, -0.15) is 0 Å². The van der Waals surface area contributed by atoms with Gasteiger partial charge in [0.2, 0.25) is 0 Å². The van der Waals surface area contributed by atoms with Crippen LogP contribution in [0, 0.1) is 12.3 Å². The molecule has 0 radical (unpaired) electrons. The summed E-state index contributed by atoms with van der Waals surface area (Å²) in [6, 6.07) is 8.62. The smallest absolute Gasteiger partial charge is 0.0127 e. The van der Waals surface area contributed by atoms with Crippen molar-refractivity contribution in [2.75, 3.05) is 0 Å². The van der Waals surface area contributed by atoms with Crippen molar-refractivity contribution in [3.8, 4) is 12.3 Å². The molecule has 1 aromatic carbocycles. The Hall–Kier alpha value is -1.22. The summed E-state index contributed by atoms with van der Waals surface area (Å²) in [4.78, 5) is 0. The Morgan fingerprint density at radius 2 is 2.08 bits per heavy atom. The first-order valence-electron chi connectivity index (χ1n) is 4.38. The molecule has 62 valence electrons. The maximum atomic E-state index is 5.20. The highest BCUT2D eigenvalue weighted by atomic mass is 14.0. The summed E-state index contributed by atoms with van der Waals surface area (Å²) in [5.41, 5.74) is 2.75. The van der Waals surface area contributed by atoms with Crippen molar-refractivity contribution in [3.63, 3.8) is 0 Å². The molecule has 0 atom stereocenters. The van der Waals surface area contributed by atoms with E-state index in [1.54, 1.807) is 0 Å². The van der Waals surface area contributed by atoms with Gasteiger partial charge in [-0.05, 0) is 24.0 Å². The van der Waals surface area contributed by atoms with Gasteiger partial charge in [0, 0.05) is 6.42 Å². The van der Waals surface area contributed by atoms with Gasteiger partial charge in [0.1, 0.15) is 0 Å². The maximum Gasteiger partial charge on any atom is 0.0127 e. The van der Waals surface area contributed by atoms with Gasteiger partial charge in [-0.3, -0.25) is 0 Å². The number of aryl methyl sites for hydroxylation is 2. The van der Waals surface area contributed by atoms with E-state index in [-0.39, 0.29) is 0 Å². The topological polar surface area (TPSA) is 0 Å². The van der Waals surface area contributed by atoms with Crippen molar-refractivity contribution in [3.05, 3.63) is 35.4 Å². The molecule has 12 heavy (non-hydrogen) atoms. The first kappa shape index (κ1) is 8.87. The Bertz CT molecular complexity index is 278. The average molecular weight is 158 g/mol. The maximum absolute atomic E-state index is 5.20. The van der Waals surface area contributed by atoms with Gasteiger partial charge in [0.05, 0.1) is 0 Å². The Kier molecular flexibility index (Phi) is 3.41. The molecule has 0 N–H and O–H groups in total. The molecule has 0 amide bonds. The largest absolute Gasteiger partial charge is 0.120 e. The predicted molar refractivity (Wildman–Crippen MR) is 53.0 cm³/mol. The van der Waals surface area contributed by atoms with Crippen molar-refractivity contribution >= 4 is 0 Å². The number of terminal acetylenes is 1. The molecule has 1 aromatic rings. The Labute approximate surface area is 74.6 Å². The average Bonchev–Trinajstić information content (AvgIpc) is 2.15. The summed E-state index contributed by atoms with van der Waals surface area (Å²) in [5, 5.41) is 0. The molecular weight excluding hydrogens is 144 g/mol. The summed E-state index contributed by atoms with van der Waals surface area (Å²) < 4.78 is 0. The summed E-state index contributed by atoms with van der Waals surface area (Å²) in [6.45, 7) is 2.17. The molecule has 0 heteroatoms. The minimum absolute atomic E-state index is 0.840. The first-order chi connectivity index (χ1) is 5.86. The van der Waals surface area contributed by atoms with Gasteiger partial charge in [0.25, 0.3) is 0 Å². The molecule has 0 heterocycles. The van der Waals surface area contributed by atoms with Crippen LogP contribution in [-0.2, 0) is 12.8 Å². The molecule has 0 aromatic heterocycles. The Morgan fingerprint density at radius 1 is 1.33 bits per heavy atom. The number of hydrogen-bond acceptors (Lipinski definition) is 0. The van der Waals surface area contributed by atoms with E-state index in [2.05, 4.69) is 37.1 Å². The van der Waals surface area contributed by atoms with Gasteiger partial charge in [-0.25, -0.2) is 0 Å². The minimum Gasteiger partial charge on any atom is -0.120 e. The number of hydrogen-bond donors (Lipinski definition) is 0. The fourth-order valence-corrected chi connectivity index (χ4v) is 1.22. The SMILES string of the molecule is C#CCCc1cccc(CC)c1. The van der Waals surface area contributed by atoms with E-state index in [4.69, 9.17) is 6.42 Å². The van der Waals surface area contributed by atoms with Crippen molar-refractivity contribution in [2.24, 2.45) is 0 Å². The molecule has 0 nitrogen and oxygen atoms in total. The quantitative estimate of drug-likeness (QED) is 0.593. The summed E-state index contributed by atoms with van der Waals surface area (Å²) >= 11 is 0. The lowest BCUT2D eigenvalue weighted by atomic mass is 10.1. The van der Waals surface area contributed by atoms with E-state index >= 15 is 0 Å². The van der Waals surface area contributed by atoms with Crippen LogP contribution in [0.4, 0.5) is 0 Å². The van der Waals surface area contributed by atoms with Crippen LogP contribution in [-0.4, -0.2) is 0 Å². The molecule has 0 aliphatic rings. The third-order valence-electron chi connectivity index (χ3n) is 1.96. The minimum atomic E-state index is 0.840. The zero-order valence-corrected chi connectivity index (χ0v) is 7.51. The van der Waals surface area contributed by atoms with E-state index in [0.717, 1.165) is 19.3 Å². The molecule has 0 bridgehead atoms. The van der Waals surface area contributed by atoms with E-state index < -0.39 is 0 Å². The fourth-order valence-electron chi connectivity index (χ4n) is 1.22. The Balaban J connectivity index is 2.67. The van der Waals surface area contributed by atoms with Crippen molar-refractivity contribution in [1.82, 2.24) is 0 Å². The monoisotopic (exact) mass is 158 g/mol. The second-order valence-corrected chi connectivity index (χ2v) is 2.88. The fraction of sp³-hybridized carbons (Fsp3) is 0.333. The highest BCUT2D eigenvalue weighted by Crippen LogP contribution is 2.07. The van der Waals surface area contributed by atoms with E-state index in [1.165, 1.54) is 11.1 Å². The molecule has 0 unspecified atom stereocenters. The molecule has 0 fully saturated rings. The summed E-state index contributed by atoms with van der Waals surface area (Å²) in [5.74, 6) is 2.65. The highest BCUT2D eigenvalue weighted by molar-refractivity contribution is 5.23. The third-order valence-corrected chi connectivity index (χ3v) is 1.96. The standard InChI is InChI=1S/C12H14/c1-3-5-7-12-9-6-8-11(4-2)10-12/h1,6,8-10H,4-5,7H2,2H3. The van der Waals surface area contributed by atoms with E-state index in [9.17, 15) is 0 Å². The van der Waals surface area contributed by atoms with Crippen LogP contribution in [0.3, 0.4) is 0 Å². The van der Waals surface area contributed by atoms with Crippen LogP contribution >= 0.6 is 0 Å². The molecular formula is C12H14. The van der Waals surface area contributed by atoms with Crippen LogP contribution in [0.15, 0.2) is 24.3 Å².